The van der Waals surface area contributed by atoms with Crippen LogP contribution in [0.5, 0.6) is 0 Å². The lowest BCUT2D eigenvalue weighted by molar-refractivity contribution is -0.113. The van der Waals surface area contributed by atoms with Gasteiger partial charge in [0, 0.05) is 41.2 Å². The second-order valence-corrected chi connectivity index (χ2v) is 6.18. The molecule has 106 valence electrons. The Labute approximate surface area is 118 Å². The number of nitrogens with one attached hydrogen (secondary N) is 1. The third-order valence-electron chi connectivity index (χ3n) is 3.79. The number of ether oxygens (including phenoxy) is 1. The Morgan fingerprint density at radius 3 is 2.80 bits per heavy atom. The van der Waals surface area contributed by atoms with Crippen LogP contribution in [0, 0.1) is 5.41 Å². The van der Waals surface area contributed by atoms with Crippen molar-refractivity contribution in [2.75, 3.05) is 26.8 Å². The number of fused-ring (bicyclic) bond motifs is 1. The highest BCUT2D eigenvalue weighted by Gasteiger charge is 2.34. The molecule has 1 fully saturated rings. The van der Waals surface area contributed by atoms with Gasteiger partial charge < -0.3 is 9.72 Å². The maximum atomic E-state index is 12.1. The first-order chi connectivity index (χ1) is 9.56. The van der Waals surface area contributed by atoms with Crippen LogP contribution in [-0.2, 0) is 11.3 Å². The molecule has 0 atom stereocenters. The van der Waals surface area contributed by atoms with Crippen LogP contribution in [0.4, 0.5) is 0 Å². The van der Waals surface area contributed by atoms with Crippen LogP contribution in [0.2, 0.25) is 0 Å². The van der Waals surface area contributed by atoms with E-state index in [-0.39, 0.29) is 10.8 Å². The van der Waals surface area contributed by atoms with Gasteiger partial charge in [0.1, 0.15) is 0 Å². The van der Waals surface area contributed by atoms with E-state index in [9.17, 15) is 4.79 Å². The van der Waals surface area contributed by atoms with E-state index in [0.717, 1.165) is 42.9 Å². The molecule has 0 unspecified atom stereocenters. The fourth-order valence-electron chi connectivity index (χ4n) is 2.88. The Kier molecular flexibility index (Phi) is 3.36. The second-order valence-electron chi connectivity index (χ2n) is 6.18. The molecule has 20 heavy (non-hydrogen) atoms. The summed E-state index contributed by atoms with van der Waals surface area (Å²) in [6, 6.07) is 9.34. The van der Waals surface area contributed by atoms with E-state index in [1.807, 2.05) is 24.3 Å². The Bertz CT molecular complexity index is 673. The maximum Gasteiger partial charge on any atom is 0.189 e. The predicted octanol–water partition coefficient (Wildman–Crippen LogP) is 2.00. The topological polar surface area (TPSA) is 45.3 Å². The van der Waals surface area contributed by atoms with Crippen LogP contribution >= 0.6 is 0 Å². The van der Waals surface area contributed by atoms with Gasteiger partial charge in [0.2, 0.25) is 0 Å². The molecule has 0 amide bonds. The molecule has 4 heteroatoms. The smallest absolute Gasteiger partial charge is 0.189 e. The molecule has 0 bridgehead atoms. The van der Waals surface area contributed by atoms with E-state index >= 15 is 0 Å². The van der Waals surface area contributed by atoms with Crippen molar-refractivity contribution in [2.24, 2.45) is 5.41 Å². The zero-order valence-corrected chi connectivity index (χ0v) is 12.0. The molecular formula is C16H20N2O2. The monoisotopic (exact) mass is 272 g/mol. The quantitative estimate of drug-likeness (QED) is 0.926. The van der Waals surface area contributed by atoms with Crippen molar-refractivity contribution in [1.29, 1.82) is 0 Å². The lowest BCUT2D eigenvalue weighted by atomic mass is 9.88. The molecular weight excluding hydrogens is 252 g/mol. The van der Waals surface area contributed by atoms with Crippen molar-refractivity contribution in [2.45, 2.75) is 13.5 Å². The minimum Gasteiger partial charge on any atom is -0.380 e. The summed E-state index contributed by atoms with van der Waals surface area (Å²) in [5.41, 5.74) is 2.20. The van der Waals surface area contributed by atoms with Gasteiger partial charge in [0.15, 0.2) is 5.43 Å². The zero-order chi connectivity index (χ0) is 14.2. The summed E-state index contributed by atoms with van der Waals surface area (Å²) in [5, 5.41) is 0.748. The number of nitrogens with zero attached hydrogens (tertiary/aromatic N) is 1. The Balaban J connectivity index is 1.78. The lowest BCUT2D eigenvalue weighted by Gasteiger charge is -2.40. The lowest BCUT2D eigenvalue weighted by Crippen LogP contribution is -2.47. The van der Waals surface area contributed by atoms with Crippen molar-refractivity contribution < 1.29 is 4.74 Å². The molecule has 2 aromatic rings. The molecule has 1 aliphatic rings. The molecule has 3 rings (SSSR count). The molecule has 1 aliphatic heterocycles. The molecule has 1 saturated heterocycles. The standard InChI is InChI=1S/C16H20N2O2/c1-16(10-20-11-16)9-18(2)8-12-7-15(19)13-5-3-4-6-14(13)17-12/h3-7H,8-11H2,1-2H3,(H,17,19). The molecule has 1 aromatic carbocycles. The normalized spacial score (nSPS) is 17.4. The van der Waals surface area contributed by atoms with Gasteiger partial charge in [-0.1, -0.05) is 19.1 Å². The number of hydrogen-bond acceptors (Lipinski definition) is 3. The summed E-state index contributed by atoms with van der Waals surface area (Å²) in [5.74, 6) is 0. The highest BCUT2D eigenvalue weighted by atomic mass is 16.5. The van der Waals surface area contributed by atoms with Crippen molar-refractivity contribution in [3.63, 3.8) is 0 Å². The number of H-pyrrole nitrogens is 1. The van der Waals surface area contributed by atoms with Gasteiger partial charge >= 0.3 is 0 Å². The van der Waals surface area contributed by atoms with Gasteiger partial charge in [-0.3, -0.25) is 9.69 Å². The summed E-state index contributed by atoms with van der Waals surface area (Å²) in [6.07, 6.45) is 0. The molecule has 0 aliphatic carbocycles. The van der Waals surface area contributed by atoms with Crippen LogP contribution in [-0.4, -0.2) is 36.7 Å². The summed E-state index contributed by atoms with van der Waals surface area (Å²) in [4.78, 5) is 17.7. The molecule has 1 aromatic heterocycles. The van der Waals surface area contributed by atoms with E-state index in [1.165, 1.54) is 0 Å². The summed E-state index contributed by atoms with van der Waals surface area (Å²) in [7, 11) is 2.08. The number of aromatic nitrogens is 1. The van der Waals surface area contributed by atoms with E-state index in [4.69, 9.17) is 4.74 Å². The molecule has 0 spiro atoms. The van der Waals surface area contributed by atoms with Gasteiger partial charge in [0.25, 0.3) is 0 Å². The van der Waals surface area contributed by atoms with Gasteiger partial charge in [-0.15, -0.1) is 0 Å². The number of rotatable bonds is 4. The average molecular weight is 272 g/mol. The number of aromatic amines is 1. The first kappa shape index (κ1) is 13.3. The van der Waals surface area contributed by atoms with Gasteiger partial charge in [-0.25, -0.2) is 0 Å². The van der Waals surface area contributed by atoms with E-state index in [0.29, 0.717) is 0 Å². The number of benzene rings is 1. The molecule has 1 N–H and O–H groups in total. The molecule has 0 saturated carbocycles. The highest BCUT2D eigenvalue weighted by molar-refractivity contribution is 5.78. The van der Waals surface area contributed by atoms with E-state index < -0.39 is 0 Å². The minimum absolute atomic E-state index is 0.0842. The SMILES string of the molecule is CN(Cc1cc(=O)c2ccccc2[nH]1)CC1(C)COC1. The first-order valence-corrected chi connectivity index (χ1v) is 6.93. The maximum absolute atomic E-state index is 12.1. The summed E-state index contributed by atoms with van der Waals surface area (Å²) >= 11 is 0. The molecule has 0 radical (unpaired) electrons. The van der Waals surface area contributed by atoms with Gasteiger partial charge in [-0.2, -0.15) is 0 Å². The Hall–Kier alpha value is -1.65. The molecule has 2 heterocycles. The summed E-state index contributed by atoms with van der Waals surface area (Å²) in [6.45, 7) is 5.60. The van der Waals surface area contributed by atoms with Crippen LogP contribution < -0.4 is 5.43 Å². The minimum atomic E-state index is 0.0842. The Morgan fingerprint density at radius 1 is 1.35 bits per heavy atom. The first-order valence-electron chi connectivity index (χ1n) is 6.93. The number of hydrogen-bond donors (Lipinski definition) is 1. The van der Waals surface area contributed by atoms with Crippen molar-refractivity contribution in [3.05, 3.63) is 46.2 Å². The third kappa shape index (κ3) is 2.62. The summed E-state index contributed by atoms with van der Waals surface area (Å²) < 4.78 is 5.28. The van der Waals surface area contributed by atoms with Crippen molar-refractivity contribution in [1.82, 2.24) is 9.88 Å². The van der Waals surface area contributed by atoms with E-state index in [1.54, 1.807) is 6.07 Å². The highest BCUT2D eigenvalue weighted by Crippen LogP contribution is 2.27. The largest absolute Gasteiger partial charge is 0.380 e. The van der Waals surface area contributed by atoms with Crippen molar-refractivity contribution in [3.8, 4) is 0 Å². The average Bonchev–Trinajstić information content (AvgIpc) is 2.36. The zero-order valence-electron chi connectivity index (χ0n) is 12.0. The van der Waals surface area contributed by atoms with Crippen LogP contribution in [0.3, 0.4) is 0 Å². The van der Waals surface area contributed by atoms with Gasteiger partial charge in [0.05, 0.1) is 13.2 Å². The van der Waals surface area contributed by atoms with Gasteiger partial charge in [-0.05, 0) is 19.2 Å². The molecule has 4 nitrogen and oxygen atoms in total. The number of pyridine rings is 1. The van der Waals surface area contributed by atoms with E-state index in [2.05, 4.69) is 23.9 Å². The van der Waals surface area contributed by atoms with Crippen molar-refractivity contribution >= 4 is 10.9 Å². The Morgan fingerprint density at radius 2 is 2.10 bits per heavy atom. The fraction of sp³-hybridized carbons (Fsp3) is 0.438. The second kappa shape index (κ2) is 5.04. The van der Waals surface area contributed by atoms with Crippen LogP contribution in [0.1, 0.15) is 12.6 Å². The predicted molar refractivity (Wildman–Crippen MR) is 79.8 cm³/mol. The third-order valence-corrected chi connectivity index (χ3v) is 3.79. The van der Waals surface area contributed by atoms with Crippen LogP contribution in [0.15, 0.2) is 35.1 Å². The fourth-order valence-corrected chi connectivity index (χ4v) is 2.88. The number of para-hydroxylation sites is 1. The van der Waals surface area contributed by atoms with Crippen LogP contribution in [0.25, 0.3) is 10.9 Å².